The van der Waals surface area contributed by atoms with Crippen molar-refractivity contribution in [1.82, 2.24) is 4.90 Å². The summed E-state index contributed by atoms with van der Waals surface area (Å²) in [6.07, 6.45) is 6.57. The lowest BCUT2D eigenvalue weighted by Crippen LogP contribution is -2.40. The molecule has 1 aliphatic carbocycles. The Bertz CT molecular complexity index is 1080. The standard InChI is InChI=1S/C22H16N4O3/c23-8-13-1-6-18-22(10-24,11-25)19(15-4-5-16-17(7-15)29-12-28-16)20(26(18)9-13)21(27)14-2-3-14/h1,4-7,9,14,18-20H,2-3,12H2/t18-,19+,20-/m1/s1. The summed E-state index contributed by atoms with van der Waals surface area (Å²) in [4.78, 5) is 15.1. The van der Waals surface area contributed by atoms with Crippen molar-refractivity contribution in [3.63, 3.8) is 0 Å². The summed E-state index contributed by atoms with van der Waals surface area (Å²) in [6, 6.07) is 10.6. The molecule has 5 rings (SSSR count). The number of ketones is 1. The molecule has 1 aromatic rings. The van der Waals surface area contributed by atoms with Gasteiger partial charge in [0.2, 0.25) is 6.79 Å². The van der Waals surface area contributed by atoms with E-state index in [-0.39, 0.29) is 18.5 Å². The van der Waals surface area contributed by atoms with Crippen LogP contribution in [0.5, 0.6) is 11.5 Å². The molecule has 29 heavy (non-hydrogen) atoms. The Morgan fingerprint density at radius 1 is 1.14 bits per heavy atom. The van der Waals surface area contributed by atoms with Gasteiger partial charge in [-0.1, -0.05) is 12.1 Å². The fourth-order valence-electron chi connectivity index (χ4n) is 4.66. The number of allylic oxidation sites excluding steroid dienone is 2. The van der Waals surface area contributed by atoms with Gasteiger partial charge < -0.3 is 14.4 Å². The van der Waals surface area contributed by atoms with Crippen molar-refractivity contribution < 1.29 is 14.3 Å². The lowest BCUT2D eigenvalue weighted by atomic mass is 9.69. The maximum absolute atomic E-state index is 13.3. The molecular formula is C22H16N4O3. The van der Waals surface area contributed by atoms with Gasteiger partial charge in [-0.25, -0.2) is 0 Å². The summed E-state index contributed by atoms with van der Waals surface area (Å²) in [5.41, 5.74) is -0.395. The number of hydrogen-bond donors (Lipinski definition) is 0. The van der Waals surface area contributed by atoms with Crippen molar-refractivity contribution >= 4 is 5.78 Å². The molecule has 7 heteroatoms. The molecule has 0 bridgehead atoms. The van der Waals surface area contributed by atoms with Gasteiger partial charge in [0.25, 0.3) is 0 Å². The number of ether oxygens (including phenoxy) is 2. The molecule has 3 atom stereocenters. The molecule has 0 radical (unpaired) electrons. The number of nitrogens with zero attached hydrogens (tertiary/aromatic N) is 4. The van der Waals surface area contributed by atoms with E-state index in [0.29, 0.717) is 22.6 Å². The Morgan fingerprint density at radius 3 is 2.59 bits per heavy atom. The first-order valence-electron chi connectivity index (χ1n) is 9.46. The number of carbonyl (C=O) groups is 1. The molecule has 1 saturated carbocycles. The van der Waals surface area contributed by atoms with Crippen LogP contribution in [0.25, 0.3) is 0 Å². The van der Waals surface area contributed by atoms with Crippen LogP contribution >= 0.6 is 0 Å². The topological polar surface area (TPSA) is 110 Å². The summed E-state index contributed by atoms with van der Waals surface area (Å²) < 4.78 is 10.9. The zero-order chi connectivity index (χ0) is 20.2. The molecule has 1 aromatic carbocycles. The molecule has 3 heterocycles. The van der Waals surface area contributed by atoms with Crippen molar-refractivity contribution in [2.24, 2.45) is 11.3 Å². The average Bonchev–Trinajstić information content (AvgIpc) is 3.43. The van der Waals surface area contributed by atoms with Crippen LogP contribution in [0.1, 0.15) is 24.3 Å². The summed E-state index contributed by atoms with van der Waals surface area (Å²) in [7, 11) is 0. The van der Waals surface area contributed by atoms with E-state index in [2.05, 4.69) is 18.2 Å². The van der Waals surface area contributed by atoms with E-state index in [4.69, 9.17) is 9.47 Å². The van der Waals surface area contributed by atoms with Gasteiger partial charge >= 0.3 is 0 Å². The molecule has 142 valence electrons. The van der Waals surface area contributed by atoms with Crippen molar-refractivity contribution in [3.05, 3.63) is 47.7 Å². The van der Waals surface area contributed by atoms with Crippen molar-refractivity contribution in [2.75, 3.05) is 6.79 Å². The fourth-order valence-corrected chi connectivity index (χ4v) is 4.66. The van der Waals surface area contributed by atoms with Gasteiger partial charge in [-0.15, -0.1) is 0 Å². The number of nitriles is 3. The van der Waals surface area contributed by atoms with Crippen LogP contribution in [-0.4, -0.2) is 29.6 Å². The highest BCUT2D eigenvalue weighted by Gasteiger charge is 2.63. The fraction of sp³-hybridized carbons (Fsp3) is 0.364. The summed E-state index contributed by atoms with van der Waals surface area (Å²) in [5.74, 6) is 0.423. The van der Waals surface area contributed by atoms with E-state index >= 15 is 0 Å². The normalized spacial score (nSPS) is 28.0. The van der Waals surface area contributed by atoms with Gasteiger partial charge in [0.1, 0.15) is 6.07 Å². The Morgan fingerprint density at radius 2 is 1.90 bits per heavy atom. The summed E-state index contributed by atoms with van der Waals surface area (Å²) in [5, 5.41) is 29.7. The zero-order valence-electron chi connectivity index (χ0n) is 15.4. The molecule has 4 aliphatic rings. The first-order valence-corrected chi connectivity index (χ1v) is 9.46. The van der Waals surface area contributed by atoms with Gasteiger partial charge in [-0.05, 0) is 36.6 Å². The average molecular weight is 384 g/mol. The first kappa shape index (κ1) is 17.3. The quantitative estimate of drug-likeness (QED) is 0.787. The van der Waals surface area contributed by atoms with E-state index in [1.54, 1.807) is 41.5 Å². The van der Waals surface area contributed by atoms with Gasteiger partial charge in [-0.2, -0.15) is 15.8 Å². The van der Waals surface area contributed by atoms with E-state index in [9.17, 15) is 20.6 Å². The SMILES string of the molecule is N#CC1=CN2[C@@H](C(=O)C3CC3)[C@H](c3ccc4c(c3)OCO4)C(C#N)(C#N)[C@H]2C=C1. The van der Waals surface area contributed by atoms with Crippen LogP contribution in [0, 0.1) is 45.3 Å². The number of carbonyl (C=O) groups excluding carboxylic acids is 1. The number of Topliss-reactive ketones (excluding diaryl/α,β-unsaturated/α-hetero) is 1. The van der Waals surface area contributed by atoms with Crippen molar-refractivity contribution in [3.8, 4) is 29.7 Å². The largest absolute Gasteiger partial charge is 0.454 e. The molecule has 0 amide bonds. The van der Waals surface area contributed by atoms with Crippen LogP contribution in [0.3, 0.4) is 0 Å². The second-order valence-corrected chi connectivity index (χ2v) is 7.75. The van der Waals surface area contributed by atoms with Gasteiger partial charge in [0, 0.05) is 18.0 Å². The second-order valence-electron chi connectivity index (χ2n) is 7.75. The van der Waals surface area contributed by atoms with Crippen molar-refractivity contribution in [2.45, 2.75) is 30.8 Å². The Kier molecular flexibility index (Phi) is 3.66. The van der Waals surface area contributed by atoms with E-state index in [1.165, 1.54) is 0 Å². The third-order valence-corrected chi connectivity index (χ3v) is 6.19. The van der Waals surface area contributed by atoms with Crippen molar-refractivity contribution in [1.29, 1.82) is 15.8 Å². The minimum absolute atomic E-state index is 0.0221. The maximum Gasteiger partial charge on any atom is 0.231 e. The Balaban J connectivity index is 1.71. The minimum atomic E-state index is -1.48. The lowest BCUT2D eigenvalue weighted by molar-refractivity contribution is -0.124. The van der Waals surface area contributed by atoms with Gasteiger partial charge in [0.15, 0.2) is 22.7 Å². The lowest BCUT2D eigenvalue weighted by Gasteiger charge is -2.30. The second kappa shape index (κ2) is 6.12. The number of benzene rings is 1. The van der Waals surface area contributed by atoms with E-state index in [0.717, 1.165) is 12.8 Å². The molecule has 0 N–H and O–H groups in total. The highest BCUT2D eigenvalue weighted by atomic mass is 16.7. The van der Waals surface area contributed by atoms with Crippen LogP contribution in [0.2, 0.25) is 0 Å². The molecule has 0 unspecified atom stereocenters. The Labute approximate surface area is 167 Å². The third-order valence-electron chi connectivity index (χ3n) is 6.19. The minimum Gasteiger partial charge on any atom is -0.454 e. The maximum atomic E-state index is 13.3. The summed E-state index contributed by atoms with van der Waals surface area (Å²) in [6.45, 7) is 0.112. The van der Waals surface area contributed by atoms with Crippen LogP contribution in [-0.2, 0) is 4.79 Å². The molecule has 0 spiro atoms. The molecule has 3 aliphatic heterocycles. The third kappa shape index (κ3) is 2.36. The van der Waals surface area contributed by atoms with E-state index < -0.39 is 23.4 Å². The molecule has 2 fully saturated rings. The predicted octanol–water partition coefficient (Wildman–Crippen LogP) is 2.54. The zero-order valence-corrected chi connectivity index (χ0v) is 15.4. The molecular weight excluding hydrogens is 368 g/mol. The highest BCUT2D eigenvalue weighted by molar-refractivity contribution is 5.90. The molecule has 7 nitrogen and oxygen atoms in total. The van der Waals surface area contributed by atoms with Crippen LogP contribution in [0.15, 0.2) is 42.1 Å². The summed E-state index contributed by atoms with van der Waals surface area (Å²) >= 11 is 0. The number of fused-ring (bicyclic) bond motifs is 2. The van der Waals surface area contributed by atoms with Gasteiger partial charge in [0.05, 0.1) is 29.8 Å². The van der Waals surface area contributed by atoms with Gasteiger partial charge in [-0.3, -0.25) is 4.79 Å². The number of rotatable bonds is 3. The van der Waals surface area contributed by atoms with E-state index in [1.807, 2.05) is 0 Å². The van der Waals surface area contributed by atoms with Crippen LogP contribution in [0.4, 0.5) is 0 Å². The predicted molar refractivity (Wildman–Crippen MR) is 98.9 cm³/mol. The van der Waals surface area contributed by atoms with Crippen LogP contribution < -0.4 is 9.47 Å². The number of hydrogen-bond acceptors (Lipinski definition) is 7. The highest BCUT2D eigenvalue weighted by Crippen LogP contribution is 2.55. The first-order chi connectivity index (χ1) is 14.1. The molecule has 1 saturated heterocycles. The monoisotopic (exact) mass is 384 g/mol. The Hall–Kier alpha value is -3.76. The molecule has 0 aromatic heterocycles. The smallest absolute Gasteiger partial charge is 0.231 e.